The first kappa shape index (κ1) is 17.5. The Balaban J connectivity index is 0.000000186. The fraction of sp³-hybridized carbons (Fsp3) is 0.0667. The summed E-state index contributed by atoms with van der Waals surface area (Å²) in [6, 6.07) is 11.0. The SMILES string of the molecule is COC(=O)Nc1nc2ccccc2[nH]1.Nc1ccc([N+](=O)[O-])cc1O. The van der Waals surface area contributed by atoms with Crippen molar-refractivity contribution in [2.45, 2.75) is 0 Å². The Morgan fingerprint density at radius 1 is 1.36 bits per heavy atom. The number of imidazole rings is 1. The summed E-state index contributed by atoms with van der Waals surface area (Å²) in [4.78, 5) is 27.5. The highest BCUT2D eigenvalue weighted by Crippen LogP contribution is 2.24. The summed E-state index contributed by atoms with van der Waals surface area (Å²) >= 11 is 0. The number of ether oxygens (including phenoxy) is 1. The number of anilines is 2. The third-order valence-electron chi connectivity index (χ3n) is 3.02. The fourth-order valence-electron chi connectivity index (χ4n) is 1.81. The Bertz CT molecular complexity index is 875. The number of amides is 1. The molecule has 0 aliphatic rings. The monoisotopic (exact) mass is 345 g/mol. The molecular formula is C15H15N5O5. The van der Waals surface area contributed by atoms with Crippen LogP contribution in [0.1, 0.15) is 0 Å². The Hall–Kier alpha value is -3.82. The van der Waals surface area contributed by atoms with Crippen molar-refractivity contribution in [1.82, 2.24) is 9.97 Å². The van der Waals surface area contributed by atoms with Crippen molar-refractivity contribution in [1.29, 1.82) is 0 Å². The van der Waals surface area contributed by atoms with Crippen molar-refractivity contribution in [3.63, 3.8) is 0 Å². The van der Waals surface area contributed by atoms with E-state index in [0.29, 0.717) is 5.95 Å². The van der Waals surface area contributed by atoms with Crippen LogP contribution in [0.25, 0.3) is 11.0 Å². The topological polar surface area (TPSA) is 156 Å². The van der Waals surface area contributed by atoms with Crippen LogP contribution in [0.5, 0.6) is 5.75 Å². The number of aromatic amines is 1. The lowest BCUT2D eigenvalue weighted by Gasteiger charge is -1.96. The van der Waals surface area contributed by atoms with Crippen LogP contribution in [0.2, 0.25) is 0 Å². The number of nitrogen functional groups attached to an aromatic ring is 1. The number of phenolic OH excluding ortho intramolecular Hbond substituents is 1. The predicted molar refractivity (Wildman–Crippen MR) is 91.3 cm³/mol. The molecule has 10 heteroatoms. The number of hydrogen-bond donors (Lipinski definition) is 4. The van der Waals surface area contributed by atoms with Gasteiger partial charge in [-0.05, 0) is 18.2 Å². The molecule has 0 atom stereocenters. The molecule has 0 radical (unpaired) electrons. The molecule has 3 rings (SSSR count). The standard InChI is InChI=1S/C9H9N3O2.C6H6N2O3/c1-14-9(13)12-8-10-6-4-2-3-5-7(6)11-8;7-5-2-1-4(8(10)11)3-6(5)9/h2-5H,1H3,(H2,10,11,12,13);1-3,9H,7H2. The molecule has 1 heterocycles. The molecule has 0 fully saturated rings. The molecule has 0 spiro atoms. The molecule has 2 aromatic carbocycles. The van der Waals surface area contributed by atoms with Crippen LogP contribution >= 0.6 is 0 Å². The number of carbonyl (C=O) groups is 1. The van der Waals surface area contributed by atoms with Gasteiger partial charge in [0.15, 0.2) is 0 Å². The summed E-state index contributed by atoms with van der Waals surface area (Å²) in [5.41, 5.74) is 6.86. The van der Waals surface area contributed by atoms with E-state index < -0.39 is 11.0 Å². The van der Waals surface area contributed by atoms with Gasteiger partial charge in [0.1, 0.15) is 5.75 Å². The van der Waals surface area contributed by atoms with E-state index in [2.05, 4.69) is 20.0 Å². The molecule has 1 aromatic heterocycles. The number of nitrogens with one attached hydrogen (secondary N) is 2. The summed E-state index contributed by atoms with van der Waals surface area (Å²) in [7, 11) is 1.30. The molecule has 5 N–H and O–H groups in total. The fourth-order valence-corrected chi connectivity index (χ4v) is 1.81. The van der Waals surface area contributed by atoms with Crippen molar-refractivity contribution in [2.75, 3.05) is 18.2 Å². The first-order chi connectivity index (χ1) is 11.9. The Morgan fingerprint density at radius 2 is 2.08 bits per heavy atom. The second-order valence-electron chi connectivity index (χ2n) is 4.72. The van der Waals surface area contributed by atoms with E-state index in [-0.39, 0.29) is 17.1 Å². The Labute approximate surface area is 141 Å². The minimum Gasteiger partial charge on any atom is -0.506 e. The number of non-ortho nitro benzene ring substituents is 1. The maximum absolute atomic E-state index is 10.9. The van der Waals surface area contributed by atoms with Gasteiger partial charge in [-0.3, -0.25) is 15.4 Å². The van der Waals surface area contributed by atoms with Gasteiger partial charge in [-0.25, -0.2) is 9.78 Å². The number of nitrogens with zero attached hydrogens (tertiary/aromatic N) is 2. The predicted octanol–water partition coefficient (Wildman–Crippen LogP) is 2.62. The van der Waals surface area contributed by atoms with Crippen LogP contribution in [0.3, 0.4) is 0 Å². The molecule has 0 saturated carbocycles. The number of para-hydroxylation sites is 2. The number of nitrogens with two attached hydrogens (primary N) is 1. The van der Waals surface area contributed by atoms with Crippen LogP contribution in [-0.2, 0) is 4.74 Å². The summed E-state index contributed by atoms with van der Waals surface area (Å²) in [5, 5.41) is 21.5. The highest BCUT2D eigenvalue weighted by Gasteiger charge is 2.07. The van der Waals surface area contributed by atoms with Crippen LogP contribution in [0, 0.1) is 10.1 Å². The van der Waals surface area contributed by atoms with Crippen molar-refractivity contribution in [3.8, 4) is 5.75 Å². The zero-order chi connectivity index (χ0) is 18.4. The smallest absolute Gasteiger partial charge is 0.413 e. The summed E-state index contributed by atoms with van der Waals surface area (Å²) in [6.07, 6.45) is -0.538. The van der Waals surface area contributed by atoms with Gasteiger partial charge in [-0.15, -0.1) is 0 Å². The lowest BCUT2D eigenvalue weighted by molar-refractivity contribution is -0.384. The molecule has 10 nitrogen and oxygen atoms in total. The van der Waals surface area contributed by atoms with Gasteiger partial charge >= 0.3 is 6.09 Å². The van der Waals surface area contributed by atoms with E-state index in [9.17, 15) is 14.9 Å². The molecule has 1 amide bonds. The van der Waals surface area contributed by atoms with Crippen molar-refractivity contribution >= 4 is 34.4 Å². The minimum absolute atomic E-state index is 0.135. The number of rotatable bonds is 2. The average molecular weight is 345 g/mol. The summed E-state index contributed by atoms with van der Waals surface area (Å²) in [6.45, 7) is 0. The maximum atomic E-state index is 10.9. The second-order valence-corrected chi connectivity index (χ2v) is 4.72. The number of aromatic nitrogens is 2. The highest BCUT2D eigenvalue weighted by atomic mass is 16.6. The van der Waals surface area contributed by atoms with E-state index in [0.717, 1.165) is 17.1 Å². The van der Waals surface area contributed by atoms with Gasteiger partial charge in [0.05, 0.1) is 34.8 Å². The van der Waals surface area contributed by atoms with E-state index in [1.807, 2.05) is 24.3 Å². The van der Waals surface area contributed by atoms with E-state index in [1.54, 1.807) is 0 Å². The third kappa shape index (κ3) is 4.58. The van der Waals surface area contributed by atoms with E-state index in [4.69, 9.17) is 10.8 Å². The van der Waals surface area contributed by atoms with E-state index >= 15 is 0 Å². The molecule has 0 unspecified atom stereocenters. The minimum atomic E-state index is -0.598. The summed E-state index contributed by atoms with van der Waals surface area (Å²) < 4.78 is 4.44. The van der Waals surface area contributed by atoms with Gasteiger partial charge in [0.25, 0.3) is 5.69 Å². The van der Waals surface area contributed by atoms with Gasteiger partial charge in [0.2, 0.25) is 5.95 Å². The molecular weight excluding hydrogens is 330 g/mol. The lowest BCUT2D eigenvalue weighted by Crippen LogP contribution is -2.11. The largest absolute Gasteiger partial charge is 0.506 e. The number of fused-ring (bicyclic) bond motifs is 1. The molecule has 3 aromatic rings. The number of nitro benzene ring substituents is 1. The number of nitro groups is 1. The maximum Gasteiger partial charge on any atom is 0.413 e. The van der Waals surface area contributed by atoms with Crippen molar-refractivity contribution in [2.24, 2.45) is 0 Å². The first-order valence-corrected chi connectivity index (χ1v) is 6.93. The molecule has 0 bridgehead atoms. The third-order valence-corrected chi connectivity index (χ3v) is 3.02. The zero-order valence-electron chi connectivity index (χ0n) is 13.1. The lowest BCUT2D eigenvalue weighted by atomic mass is 10.3. The number of H-pyrrole nitrogens is 1. The van der Waals surface area contributed by atoms with Crippen LogP contribution in [0.4, 0.5) is 22.1 Å². The number of methoxy groups -OCH3 is 1. The molecule has 25 heavy (non-hydrogen) atoms. The van der Waals surface area contributed by atoms with Crippen LogP contribution in [0.15, 0.2) is 42.5 Å². The molecule has 130 valence electrons. The number of aromatic hydroxyl groups is 1. The number of hydrogen-bond acceptors (Lipinski definition) is 7. The van der Waals surface area contributed by atoms with Crippen molar-refractivity contribution in [3.05, 3.63) is 52.6 Å². The number of carbonyl (C=O) groups excluding carboxylic acids is 1. The Kier molecular flexibility index (Phi) is 5.36. The zero-order valence-corrected chi connectivity index (χ0v) is 13.1. The average Bonchev–Trinajstić information content (AvgIpc) is 2.99. The number of phenols is 1. The second kappa shape index (κ2) is 7.64. The molecule has 0 saturated heterocycles. The first-order valence-electron chi connectivity index (χ1n) is 6.93. The van der Waals surface area contributed by atoms with E-state index in [1.165, 1.54) is 19.2 Å². The quantitative estimate of drug-likeness (QED) is 0.240. The number of benzene rings is 2. The van der Waals surface area contributed by atoms with Gasteiger partial charge in [-0.2, -0.15) is 0 Å². The van der Waals surface area contributed by atoms with Crippen LogP contribution in [-0.4, -0.2) is 33.2 Å². The highest BCUT2D eigenvalue weighted by molar-refractivity contribution is 5.86. The Morgan fingerprint density at radius 3 is 2.68 bits per heavy atom. The van der Waals surface area contributed by atoms with Gasteiger partial charge < -0.3 is 20.6 Å². The van der Waals surface area contributed by atoms with Crippen molar-refractivity contribution < 1.29 is 19.6 Å². The van der Waals surface area contributed by atoms with Gasteiger partial charge in [-0.1, -0.05) is 12.1 Å². The normalized spacial score (nSPS) is 9.80. The molecule has 0 aliphatic carbocycles. The van der Waals surface area contributed by atoms with Crippen LogP contribution < -0.4 is 11.1 Å². The van der Waals surface area contributed by atoms with Gasteiger partial charge in [0, 0.05) is 6.07 Å². The summed E-state index contributed by atoms with van der Waals surface area (Å²) in [5.74, 6) is 0.122. The molecule has 0 aliphatic heterocycles.